The molecule has 62 heavy (non-hydrogen) atoms. The van der Waals surface area contributed by atoms with Gasteiger partial charge in [0.25, 0.3) is 0 Å². The maximum Gasteiger partial charge on any atom is 0.322 e. The normalized spacial score (nSPS) is 14.5. The van der Waals surface area contributed by atoms with E-state index in [9.17, 15) is 8.78 Å². The number of para-hydroxylation sites is 2. The van der Waals surface area contributed by atoms with Gasteiger partial charge in [0.05, 0.1) is 41.1 Å². The van der Waals surface area contributed by atoms with E-state index in [-0.39, 0.29) is 17.6 Å². The first-order valence-electron chi connectivity index (χ1n) is 20.9. The Bertz CT molecular complexity index is 2490. The molecule has 0 aliphatic carbocycles. The van der Waals surface area contributed by atoms with E-state index in [0.717, 1.165) is 103 Å². The molecule has 11 nitrogen and oxygen atoms in total. The van der Waals surface area contributed by atoms with Crippen molar-refractivity contribution in [2.75, 3.05) is 26.2 Å². The first-order chi connectivity index (χ1) is 30.6. The van der Waals surface area contributed by atoms with Crippen molar-refractivity contribution in [2.45, 2.75) is 37.8 Å². The minimum absolute atomic E-state index is 0.259. The van der Waals surface area contributed by atoms with Gasteiger partial charge in [-0.15, -0.1) is 0 Å². The molecule has 0 atom stereocenters. The van der Waals surface area contributed by atoms with Gasteiger partial charge in [0.1, 0.15) is 23.1 Å². The highest BCUT2D eigenvalue weighted by Gasteiger charge is 2.25. The first kappa shape index (κ1) is 40.3. The summed E-state index contributed by atoms with van der Waals surface area (Å²) in [6, 6.07) is 38.6. The lowest BCUT2D eigenvalue weighted by Gasteiger charge is -2.26. The molecule has 0 bridgehead atoms. The zero-order valence-electron chi connectivity index (χ0n) is 33.9. The van der Waals surface area contributed by atoms with Gasteiger partial charge < -0.3 is 29.2 Å². The predicted octanol–water partition coefficient (Wildman–Crippen LogP) is 10.3. The molecule has 0 unspecified atom stereocenters. The summed E-state index contributed by atoms with van der Waals surface area (Å²) in [7, 11) is 0. The number of piperidine rings is 2. The number of nitrogens with zero attached hydrogens (tertiary/aromatic N) is 7. The second kappa shape index (κ2) is 19.1. The standard InChI is InChI=1S/C25H23FN4O.C24H22FN5O/c26-20-8-6-18(7-9-20)24-25(30(17-29-24)21-11-13-27-14-12-21)19-10-15-28-23(16-19)31-22-4-2-1-3-5-22;25-18-8-6-17(7-9-18)22-23(30(16-28-22)19-10-13-26-14-11-19)21-12-15-27-24(29-21)31-20-4-2-1-3-5-20/h1-10,15-17,21,27H,11-14H2;1-9,12,15-16,19,26H,10-11,13-14H2. The third-order valence-electron chi connectivity index (χ3n) is 11.0. The molecule has 2 aliphatic heterocycles. The summed E-state index contributed by atoms with van der Waals surface area (Å²) in [5.41, 5.74) is 6.89. The molecule has 2 fully saturated rings. The van der Waals surface area contributed by atoms with Crippen molar-refractivity contribution in [2.24, 2.45) is 0 Å². The summed E-state index contributed by atoms with van der Waals surface area (Å²) in [6.07, 6.45) is 11.3. The highest BCUT2D eigenvalue weighted by atomic mass is 19.1. The molecule has 4 aromatic heterocycles. The van der Waals surface area contributed by atoms with Crippen molar-refractivity contribution in [3.8, 4) is 68.5 Å². The van der Waals surface area contributed by atoms with Crippen molar-refractivity contribution in [1.29, 1.82) is 0 Å². The third kappa shape index (κ3) is 9.44. The Kier molecular flexibility index (Phi) is 12.4. The quantitative estimate of drug-likeness (QED) is 0.139. The average Bonchev–Trinajstić information content (AvgIpc) is 3.98. The molecule has 0 amide bonds. The van der Waals surface area contributed by atoms with Gasteiger partial charge in [-0.25, -0.2) is 28.7 Å². The number of aromatic nitrogens is 7. The summed E-state index contributed by atoms with van der Waals surface area (Å²) in [4.78, 5) is 22.8. The van der Waals surface area contributed by atoms with Crippen LogP contribution in [0.25, 0.3) is 45.2 Å². The van der Waals surface area contributed by atoms with E-state index < -0.39 is 0 Å². The molecule has 0 saturated carbocycles. The largest absolute Gasteiger partial charge is 0.439 e. The lowest BCUT2D eigenvalue weighted by Crippen LogP contribution is -2.29. The van der Waals surface area contributed by atoms with E-state index in [2.05, 4.69) is 34.7 Å². The van der Waals surface area contributed by atoms with Gasteiger partial charge in [-0.1, -0.05) is 36.4 Å². The second-order valence-electron chi connectivity index (χ2n) is 15.1. The number of hydrogen-bond donors (Lipinski definition) is 2. The van der Waals surface area contributed by atoms with E-state index in [4.69, 9.17) is 19.4 Å². The maximum absolute atomic E-state index is 13.5. The highest BCUT2D eigenvalue weighted by Crippen LogP contribution is 2.38. The van der Waals surface area contributed by atoms with Crippen molar-refractivity contribution < 1.29 is 18.3 Å². The zero-order chi connectivity index (χ0) is 42.1. The van der Waals surface area contributed by atoms with Crippen LogP contribution in [0.5, 0.6) is 23.4 Å². The lowest BCUT2D eigenvalue weighted by molar-refractivity contribution is 0.370. The van der Waals surface area contributed by atoms with Crippen molar-refractivity contribution in [1.82, 2.24) is 44.7 Å². The minimum Gasteiger partial charge on any atom is -0.439 e. The molecule has 2 aliphatic rings. The third-order valence-corrected chi connectivity index (χ3v) is 11.0. The first-order valence-corrected chi connectivity index (χ1v) is 20.9. The molecule has 2 N–H and O–H groups in total. The van der Waals surface area contributed by atoms with E-state index in [1.54, 1.807) is 36.7 Å². The number of hydrogen-bond acceptors (Lipinski definition) is 9. The highest BCUT2D eigenvalue weighted by molar-refractivity contribution is 5.79. The summed E-state index contributed by atoms with van der Waals surface area (Å²) in [5.74, 6) is 1.39. The Morgan fingerprint density at radius 1 is 0.500 bits per heavy atom. The molecule has 4 aromatic carbocycles. The number of nitrogens with one attached hydrogen (secondary N) is 2. The summed E-state index contributed by atoms with van der Waals surface area (Å²) < 4.78 is 43.3. The fourth-order valence-electron chi connectivity index (χ4n) is 7.96. The fraction of sp³-hybridized carbons (Fsp3) is 0.204. The fourth-order valence-corrected chi connectivity index (χ4v) is 7.96. The van der Waals surface area contributed by atoms with Gasteiger partial charge >= 0.3 is 6.01 Å². The average molecular weight is 830 g/mol. The minimum atomic E-state index is -0.274. The molecular formula is C49H45F2N9O2. The van der Waals surface area contributed by atoms with Gasteiger partial charge in [-0.2, -0.15) is 4.98 Å². The van der Waals surface area contributed by atoms with Crippen molar-refractivity contribution in [3.63, 3.8) is 0 Å². The number of benzene rings is 4. The summed E-state index contributed by atoms with van der Waals surface area (Å²) in [5, 5.41) is 6.82. The van der Waals surface area contributed by atoms with E-state index in [1.165, 1.54) is 24.3 Å². The Morgan fingerprint density at radius 2 is 1.00 bits per heavy atom. The van der Waals surface area contributed by atoms with Gasteiger partial charge in [0.2, 0.25) is 5.88 Å². The Morgan fingerprint density at radius 3 is 1.56 bits per heavy atom. The monoisotopic (exact) mass is 829 g/mol. The van der Waals surface area contributed by atoms with Crippen LogP contribution in [-0.2, 0) is 0 Å². The van der Waals surface area contributed by atoms with Crippen LogP contribution < -0.4 is 20.1 Å². The summed E-state index contributed by atoms with van der Waals surface area (Å²) >= 11 is 0. The molecule has 10 rings (SSSR count). The van der Waals surface area contributed by atoms with Crippen LogP contribution in [0.1, 0.15) is 37.8 Å². The zero-order valence-corrected chi connectivity index (χ0v) is 33.9. The molecule has 0 radical (unpaired) electrons. The Balaban J connectivity index is 0.000000158. The predicted molar refractivity (Wildman–Crippen MR) is 235 cm³/mol. The number of ether oxygens (including phenoxy) is 2. The molecular weight excluding hydrogens is 785 g/mol. The van der Waals surface area contributed by atoms with Crippen LogP contribution in [0.15, 0.2) is 152 Å². The SMILES string of the molecule is Fc1ccc(-c2ncn(C3CCNCC3)c2-c2ccnc(Oc3ccccc3)c2)cc1.Fc1ccc(-c2ncn(C3CCNCC3)c2-c2ccnc(Oc3ccccc3)n2)cc1. The molecule has 13 heteroatoms. The molecule has 2 saturated heterocycles. The van der Waals surface area contributed by atoms with E-state index in [1.807, 2.05) is 91.5 Å². The van der Waals surface area contributed by atoms with Crippen molar-refractivity contribution in [3.05, 3.63) is 164 Å². The maximum atomic E-state index is 13.5. The topological polar surface area (TPSA) is 117 Å². The van der Waals surface area contributed by atoms with Crippen LogP contribution >= 0.6 is 0 Å². The Labute approximate surface area is 358 Å². The van der Waals surface area contributed by atoms with Gasteiger partial charge in [-0.05, 0) is 137 Å². The van der Waals surface area contributed by atoms with E-state index in [0.29, 0.717) is 23.7 Å². The van der Waals surface area contributed by atoms with Crippen LogP contribution in [-0.4, -0.2) is 60.2 Å². The molecule has 8 aromatic rings. The van der Waals surface area contributed by atoms with Crippen LogP contribution in [0.4, 0.5) is 8.78 Å². The van der Waals surface area contributed by atoms with Crippen molar-refractivity contribution >= 4 is 0 Å². The van der Waals surface area contributed by atoms with Crippen LogP contribution in [0.3, 0.4) is 0 Å². The van der Waals surface area contributed by atoms with Gasteiger partial charge in [0.15, 0.2) is 0 Å². The molecule has 6 heterocycles. The van der Waals surface area contributed by atoms with Crippen LogP contribution in [0.2, 0.25) is 0 Å². The smallest absolute Gasteiger partial charge is 0.322 e. The summed E-state index contributed by atoms with van der Waals surface area (Å²) in [6.45, 7) is 3.88. The van der Waals surface area contributed by atoms with Gasteiger partial charge in [0, 0.05) is 47.2 Å². The molecule has 312 valence electrons. The number of halogens is 2. The van der Waals surface area contributed by atoms with E-state index >= 15 is 0 Å². The number of pyridine rings is 1. The van der Waals surface area contributed by atoms with Gasteiger partial charge in [-0.3, -0.25) is 0 Å². The second-order valence-corrected chi connectivity index (χ2v) is 15.1. The number of rotatable bonds is 10. The Hall–Kier alpha value is -7.09. The molecule has 0 spiro atoms. The number of imidazole rings is 2. The lowest BCUT2D eigenvalue weighted by atomic mass is 10.0. The van der Waals surface area contributed by atoms with Crippen LogP contribution in [0, 0.1) is 11.6 Å².